The summed E-state index contributed by atoms with van der Waals surface area (Å²) in [7, 11) is 0. The average Bonchev–Trinajstić information content (AvgIpc) is 2.28. The Bertz CT molecular complexity index is 565. The molecule has 116 valence electrons. The molecule has 1 rings (SSSR count). The zero-order valence-corrected chi connectivity index (χ0v) is 10.2. The lowest BCUT2D eigenvalue weighted by Crippen LogP contribution is -2.26. The fourth-order valence-corrected chi connectivity index (χ4v) is 1.26. The van der Waals surface area contributed by atoms with E-state index in [2.05, 4.69) is 14.7 Å². The zero-order valence-electron chi connectivity index (χ0n) is 10.2. The predicted molar refractivity (Wildman–Crippen MR) is 65.2 cm³/mol. The topological polar surface area (TPSA) is 112 Å². The summed E-state index contributed by atoms with van der Waals surface area (Å²) in [4.78, 5) is 6.68. The third-order valence-corrected chi connectivity index (χ3v) is 1.98. The van der Waals surface area contributed by atoms with Crippen LogP contribution in [-0.2, 0) is 6.18 Å². The first-order valence-electron chi connectivity index (χ1n) is 5.19. The van der Waals surface area contributed by atoms with E-state index in [1.807, 2.05) is 0 Å². The van der Waals surface area contributed by atoms with Gasteiger partial charge in [-0.3, -0.25) is 0 Å². The minimum absolute atomic E-state index is 0.479. The van der Waals surface area contributed by atoms with Crippen molar-refractivity contribution in [1.29, 1.82) is 0 Å². The third kappa shape index (κ3) is 5.12. The Kier molecular flexibility index (Phi) is 4.89. The van der Waals surface area contributed by atoms with Crippen LogP contribution < -0.4 is 21.9 Å². The molecule has 0 heterocycles. The third-order valence-electron chi connectivity index (χ3n) is 1.98. The average molecular weight is 311 g/mol. The molecular weight excluding hydrogens is 301 g/mol. The van der Waals surface area contributed by atoms with E-state index in [-0.39, 0.29) is 0 Å². The molecule has 0 unspecified atom stereocenters. The van der Waals surface area contributed by atoms with Crippen molar-refractivity contribution >= 4 is 17.6 Å². The van der Waals surface area contributed by atoms with Gasteiger partial charge >= 0.3 is 12.8 Å². The van der Waals surface area contributed by atoms with Gasteiger partial charge in [0.2, 0.25) is 5.96 Å². The van der Waals surface area contributed by atoms with Gasteiger partial charge in [-0.2, -0.15) is 26.9 Å². The number of halogens is 5. The van der Waals surface area contributed by atoms with Gasteiger partial charge in [-0.15, -0.1) is 0 Å². The largest absolute Gasteiger partial charge is 0.433 e. The summed E-state index contributed by atoms with van der Waals surface area (Å²) in [5.41, 5.74) is 13.5. The lowest BCUT2D eigenvalue weighted by molar-refractivity contribution is -0.137. The molecule has 0 saturated carbocycles. The molecule has 6 nitrogen and oxygen atoms in total. The lowest BCUT2D eigenvalue weighted by Gasteiger charge is -2.11. The highest BCUT2D eigenvalue weighted by molar-refractivity contribution is 5.93. The molecule has 6 N–H and O–H groups in total. The van der Waals surface area contributed by atoms with E-state index in [0.29, 0.717) is 18.2 Å². The van der Waals surface area contributed by atoms with E-state index in [1.54, 1.807) is 0 Å². The van der Waals surface area contributed by atoms with Gasteiger partial charge in [-0.25, -0.2) is 4.99 Å². The van der Waals surface area contributed by atoms with Gasteiger partial charge in [-0.05, 0) is 18.2 Å². The van der Waals surface area contributed by atoms with Gasteiger partial charge in [0.1, 0.15) is 5.69 Å². The van der Waals surface area contributed by atoms with Gasteiger partial charge in [-0.1, -0.05) is 0 Å². The number of ether oxygens (including phenoxy) is 1. The molecule has 0 spiro atoms. The van der Waals surface area contributed by atoms with Gasteiger partial charge in [0.25, 0.3) is 0 Å². The Labute approximate surface area is 115 Å². The van der Waals surface area contributed by atoms with Crippen molar-refractivity contribution in [3.8, 4) is 5.75 Å². The summed E-state index contributed by atoms with van der Waals surface area (Å²) in [6, 6.07) is 1.73. The van der Waals surface area contributed by atoms with Crippen molar-refractivity contribution in [2.45, 2.75) is 12.8 Å². The van der Waals surface area contributed by atoms with Crippen LogP contribution in [-0.4, -0.2) is 18.5 Å². The van der Waals surface area contributed by atoms with Crippen LogP contribution in [0.5, 0.6) is 5.75 Å². The van der Waals surface area contributed by atoms with E-state index in [9.17, 15) is 22.0 Å². The molecule has 11 heteroatoms. The molecule has 0 aromatic heterocycles. The Balaban J connectivity index is 3.32. The number of rotatable bonds is 3. The summed E-state index contributed by atoms with van der Waals surface area (Å²) < 4.78 is 66.1. The summed E-state index contributed by atoms with van der Waals surface area (Å²) >= 11 is 0. The highest BCUT2D eigenvalue weighted by atomic mass is 19.4. The maximum absolute atomic E-state index is 12.6. The second kappa shape index (κ2) is 6.24. The van der Waals surface area contributed by atoms with Crippen molar-refractivity contribution in [3.63, 3.8) is 0 Å². The first kappa shape index (κ1) is 16.5. The minimum Gasteiger partial charge on any atom is -0.433 e. The molecule has 0 aliphatic carbocycles. The normalized spacial score (nSPS) is 12.4. The number of benzene rings is 1. The summed E-state index contributed by atoms with van der Waals surface area (Å²) in [5, 5.41) is 0. The molecule has 0 fully saturated rings. The van der Waals surface area contributed by atoms with Crippen LogP contribution >= 0.6 is 0 Å². The van der Waals surface area contributed by atoms with E-state index >= 15 is 0 Å². The number of hydrogen-bond donors (Lipinski definition) is 3. The van der Waals surface area contributed by atoms with Crippen LogP contribution in [0.15, 0.2) is 28.2 Å². The molecule has 0 bridgehead atoms. The van der Waals surface area contributed by atoms with E-state index in [4.69, 9.17) is 17.2 Å². The van der Waals surface area contributed by atoms with Crippen LogP contribution in [0, 0.1) is 0 Å². The van der Waals surface area contributed by atoms with Crippen molar-refractivity contribution in [2.75, 3.05) is 0 Å². The van der Waals surface area contributed by atoms with Crippen molar-refractivity contribution in [3.05, 3.63) is 23.8 Å². The van der Waals surface area contributed by atoms with Gasteiger partial charge in [0.15, 0.2) is 11.7 Å². The highest BCUT2D eigenvalue weighted by Gasteiger charge is 2.31. The number of nitrogens with zero attached hydrogens (tertiary/aromatic N) is 2. The Morgan fingerprint density at radius 3 is 2.24 bits per heavy atom. The fourth-order valence-electron chi connectivity index (χ4n) is 1.26. The summed E-state index contributed by atoms with van der Waals surface area (Å²) in [6.07, 6.45) is -4.70. The van der Waals surface area contributed by atoms with E-state index in [1.165, 1.54) is 0 Å². The smallest absolute Gasteiger partial charge is 0.416 e. The molecule has 0 saturated heterocycles. The van der Waals surface area contributed by atoms with E-state index in [0.717, 1.165) is 0 Å². The molecular formula is C10H10F5N5O. The first-order chi connectivity index (χ1) is 9.59. The van der Waals surface area contributed by atoms with E-state index < -0.39 is 41.7 Å². The number of alkyl halides is 5. The second-order valence-corrected chi connectivity index (χ2v) is 3.57. The summed E-state index contributed by atoms with van der Waals surface area (Å²) in [6.45, 7) is -3.25. The number of guanidine groups is 2. The standard InChI is InChI=1S/C10H10F5N5O/c11-7(12)21-6-2-1-4(10(13,14)15)3-5(6)19-9(18)20-8(16)17/h1-3,7H,(H6,16,17,18,19,20). The van der Waals surface area contributed by atoms with Gasteiger partial charge in [0.05, 0.1) is 5.56 Å². The van der Waals surface area contributed by atoms with Gasteiger partial charge in [0, 0.05) is 0 Å². The molecule has 21 heavy (non-hydrogen) atoms. The zero-order chi connectivity index (χ0) is 16.2. The SMILES string of the molecule is NC(N)=NC(N)=Nc1cc(C(F)(F)F)ccc1OC(F)F. The Morgan fingerprint density at radius 2 is 1.76 bits per heavy atom. The maximum Gasteiger partial charge on any atom is 0.416 e. The molecule has 0 aliphatic heterocycles. The van der Waals surface area contributed by atoms with Crippen LogP contribution in [0.1, 0.15) is 5.56 Å². The second-order valence-electron chi connectivity index (χ2n) is 3.57. The number of nitrogens with two attached hydrogens (primary N) is 3. The predicted octanol–water partition coefficient (Wildman–Crippen LogP) is 1.53. The quantitative estimate of drug-likeness (QED) is 0.446. The Hall–Kier alpha value is -2.59. The Morgan fingerprint density at radius 1 is 1.14 bits per heavy atom. The van der Waals surface area contributed by atoms with Crippen LogP contribution in [0.4, 0.5) is 27.6 Å². The molecule has 1 aromatic carbocycles. The van der Waals surface area contributed by atoms with Crippen molar-refractivity contribution in [1.82, 2.24) is 0 Å². The summed E-state index contributed by atoms with van der Waals surface area (Å²) in [5.74, 6) is -1.72. The molecule has 1 aromatic rings. The lowest BCUT2D eigenvalue weighted by atomic mass is 10.2. The minimum atomic E-state index is -4.70. The van der Waals surface area contributed by atoms with Crippen molar-refractivity contribution < 1.29 is 26.7 Å². The van der Waals surface area contributed by atoms with Crippen LogP contribution in [0.25, 0.3) is 0 Å². The maximum atomic E-state index is 12.6. The van der Waals surface area contributed by atoms with Gasteiger partial charge < -0.3 is 21.9 Å². The molecule has 0 radical (unpaired) electrons. The van der Waals surface area contributed by atoms with Crippen LogP contribution in [0.3, 0.4) is 0 Å². The van der Waals surface area contributed by atoms with Crippen LogP contribution in [0.2, 0.25) is 0 Å². The molecule has 0 amide bonds. The highest BCUT2D eigenvalue weighted by Crippen LogP contribution is 2.37. The monoisotopic (exact) mass is 311 g/mol. The molecule has 0 atom stereocenters. The fraction of sp³-hybridized carbons (Fsp3) is 0.200. The number of hydrogen-bond acceptors (Lipinski definition) is 2. The first-order valence-corrected chi connectivity index (χ1v) is 5.19. The van der Waals surface area contributed by atoms with Crippen molar-refractivity contribution in [2.24, 2.45) is 27.2 Å². The number of aliphatic imine (C=N–C) groups is 2. The molecule has 0 aliphatic rings.